The normalized spacial score (nSPS) is 17.9. The summed E-state index contributed by atoms with van der Waals surface area (Å²) in [6, 6.07) is 6.49. The second kappa shape index (κ2) is 5.88. The molecule has 1 aromatic carbocycles. The van der Waals surface area contributed by atoms with Gasteiger partial charge in [-0.1, -0.05) is 24.6 Å². The number of aromatic nitrogens is 2. The number of rotatable bonds is 3. The van der Waals surface area contributed by atoms with Crippen LogP contribution in [0, 0.1) is 4.77 Å². The van der Waals surface area contributed by atoms with Crippen LogP contribution in [0.4, 0.5) is 0 Å². The molecule has 1 fully saturated rings. The fraction of sp³-hybridized carbons (Fsp3) is 0.533. The van der Waals surface area contributed by atoms with Gasteiger partial charge in [0, 0.05) is 19.1 Å². The second-order valence-corrected chi connectivity index (χ2v) is 6.30. The van der Waals surface area contributed by atoms with Gasteiger partial charge in [0.05, 0.1) is 16.1 Å². The molecule has 0 aliphatic carbocycles. The number of benzene rings is 1. The molecule has 0 bridgehead atoms. The maximum Gasteiger partial charge on any atom is 0.178 e. The van der Waals surface area contributed by atoms with E-state index in [0.717, 1.165) is 46.8 Å². The molecule has 1 aliphatic heterocycles. The van der Waals surface area contributed by atoms with Gasteiger partial charge >= 0.3 is 0 Å². The van der Waals surface area contributed by atoms with Crippen molar-refractivity contribution in [2.24, 2.45) is 0 Å². The zero-order valence-electron chi connectivity index (χ0n) is 11.7. The van der Waals surface area contributed by atoms with E-state index in [9.17, 15) is 0 Å². The lowest BCUT2D eigenvalue weighted by Gasteiger charge is -2.32. The van der Waals surface area contributed by atoms with Gasteiger partial charge in [-0.15, -0.1) is 0 Å². The number of nitrogens with one attached hydrogen (secondary N) is 1. The predicted molar refractivity (Wildman–Crippen MR) is 87.1 cm³/mol. The molecule has 2 aromatic rings. The summed E-state index contributed by atoms with van der Waals surface area (Å²) in [4.78, 5) is 5.80. The van der Waals surface area contributed by atoms with E-state index >= 15 is 0 Å². The molecule has 20 heavy (non-hydrogen) atoms. The van der Waals surface area contributed by atoms with E-state index in [2.05, 4.69) is 27.4 Å². The molecule has 3 nitrogen and oxygen atoms in total. The summed E-state index contributed by atoms with van der Waals surface area (Å²) in [7, 11) is 0. The lowest BCUT2D eigenvalue weighted by Crippen LogP contribution is -2.35. The largest absolute Gasteiger partial charge is 0.329 e. The van der Waals surface area contributed by atoms with E-state index in [4.69, 9.17) is 23.8 Å². The highest BCUT2D eigenvalue weighted by Gasteiger charge is 2.22. The predicted octanol–water partition coefficient (Wildman–Crippen LogP) is 4.40. The number of para-hydroxylation sites is 1. The van der Waals surface area contributed by atoms with Crippen molar-refractivity contribution < 1.29 is 0 Å². The van der Waals surface area contributed by atoms with Crippen LogP contribution in [0.15, 0.2) is 18.2 Å². The number of nitrogens with zero attached hydrogens (tertiary/aromatic N) is 2. The molecule has 2 heterocycles. The Labute approximate surface area is 129 Å². The number of likely N-dealkylation sites (tertiary alicyclic amines) is 1. The highest BCUT2D eigenvalue weighted by atomic mass is 35.5. The minimum absolute atomic E-state index is 0.489. The summed E-state index contributed by atoms with van der Waals surface area (Å²) >= 11 is 11.8. The Hall–Kier alpha value is -0.840. The molecule has 0 spiro atoms. The molecule has 0 amide bonds. The molecular formula is C15H20ClN3S. The molecule has 0 radical (unpaired) electrons. The van der Waals surface area contributed by atoms with Crippen LogP contribution in [0.25, 0.3) is 11.0 Å². The molecule has 0 atom stereocenters. The summed E-state index contributed by atoms with van der Waals surface area (Å²) in [5.74, 6) is 0. The molecule has 1 N–H and O–H groups in total. The minimum Gasteiger partial charge on any atom is -0.329 e. The number of piperidine rings is 1. The van der Waals surface area contributed by atoms with Crippen molar-refractivity contribution in [2.75, 3.05) is 19.6 Å². The first-order valence-corrected chi connectivity index (χ1v) is 8.10. The molecule has 3 rings (SSSR count). The lowest BCUT2D eigenvalue weighted by atomic mass is 10.0. The Kier molecular flexibility index (Phi) is 4.15. The van der Waals surface area contributed by atoms with Gasteiger partial charge in [0.15, 0.2) is 4.77 Å². The topological polar surface area (TPSA) is 24.0 Å². The smallest absolute Gasteiger partial charge is 0.178 e. The molecular weight excluding hydrogens is 290 g/mol. The summed E-state index contributed by atoms with van der Waals surface area (Å²) < 4.78 is 3.06. The number of fused-ring (bicyclic) bond motifs is 1. The Bertz CT molecular complexity index is 653. The Morgan fingerprint density at radius 2 is 2.10 bits per heavy atom. The number of H-pyrrole nitrogens is 1. The molecule has 1 saturated heterocycles. The van der Waals surface area contributed by atoms with Crippen LogP contribution >= 0.6 is 23.8 Å². The van der Waals surface area contributed by atoms with Gasteiger partial charge in [-0.2, -0.15) is 0 Å². The Morgan fingerprint density at radius 3 is 2.80 bits per heavy atom. The van der Waals surface area contributed by atoms with E-state index in [0.29, 0.717) is 6.04 Å². The van der Waals surface area contributed by atoms with Crippen LogP contribution in [0.1, 0.15) is 32.2 Å². The molecule has 0 saturated carbocycles. The molecule has 108 valence electrons. The third kappa shape index (κ3) is 2.52. The summed E-state index contributed by atoms with van der Waals surface area (Å²) in [5, 5.41) is 0.746. The van der Waals surface area contributed by atoms with E-state index in [-0.39, 0.29) is 0 Å². The van der Waals surface area contributed by atoms with Crippen molar-refractivity contribution in [2.45, 2.75) is 32.2 Å². The van der Waals surface area contributed by atoms with Crippen molar-refractivity contribution in [3.05, 3.63) is 28.0 Å². The zero-order chi connectivity index (χ0) is 14.1. The number of aromatic amines is 1. The standard InChI is InChI=1S/C15H20ClN3S/c1-2-8-18-9-6-11(7-10-18)19-13-5-3-4-12(16)14(13)17-15(19)20/h3-5,11H,2,6-10H2,1H3,(H,17,20). The maximum absolute atomic E-state index is 6.25. The highest BCUT2D eigenvalue weighted by Crippen LogP contribution is 2.30. The lowest BCUT2D eigenvalue weighted by molar-refractivity contribution is 0.188. The first kappa shape index (κ1) is 14.1. The van der Waals surface area contributed by atoms with E-state index in [1.165, 1.54) is 13.0 Å². The Balaban J connectivity index is 1.90. The van der Waals surface area contributed by atoms with Crippen LogP contribution in [-0.2, 0) is 0 Å². The maximum atomic E-state index is 6.25. The van der Waals surface area contributed by atoms with Gasteiger partial charge in [-0.3, -0.25) is 0 Å². The third-order valence-electron chi connectivity index (χ3n) is 4.16. The van der Waals surface area contributed by atoms with Gasteiger partial charge in [-0.05, 0) is 50.2 Å². The van der Waals surface area contributed by atoms with Crippen molar-refractivity contribution in [3.8, 4) is 0 Å². The van der Waals surface area contributed by atoms with Crippen LogP contribution in [0.3, 0.4) is 0 Å². The van der Waals surface area contributed by atoms with Gasteiger partial charge in [-0.25, -0.2) is 0 Å². The fourth-order valence-corrected chi connectivity index (χ4v) is 3.76. The first-order valence-electron chi connectivity index (χ1n) is 7.31. The fourth-order valence-electron chi connectivity index (χ4n) is 3.19. The first-order chi connectivity index (χ1) is 9.70. The minimum atomic E-state index is 0.489. The van der Waals surface area contributed by atoms with Gasteiger partial charge in [0.1, 0.15) is 0 Å². The molecule has 1 aliphatic rings. The summed E-state index contributed by atoms with van der Waals surface area (Å²) in [5.41, 5.74) is 2.10. The summed E-state index contributed by atoms with van der Waals surface area (Å²) in [6.45, 7) is 5.77. The van der Waals surface area contributed by atoms with Crippen molar-refractivity contribution in [1.82, 2.24) is 14.5 Å². The average Bonchev–Trinajstić information content (AvgIpc) is 2.78. The molecule has 1 aromatic heterocycles. The molecule has 5 heteroatoms. The van der Waals surface area contributed by atoms with Crippen LogP contribution < -0.4 is 0 Å². The van der Waals surface area contributed by atoms with Gasteiger partial charge < -0.3 is 14.5 Å². The second-order valence-electron chi connectivity index (χ2n) is 5.51. The van der Waals surface area contributed by atoms with E-state index < -0.39 is 0 Å². The van der Waals surface area contributed by atoms with Crippen molar-refractivity contribution >= 4 is 34.9 Å². The van der Waals surface area contributed by atoms with Crippen LogP contribution in [-0.4, -0.2) is 34.1 Å². The number of halogens is 1. The third-order valence-corrected chi connectivity index (χ3v) is 4.78. The van der Waals surface area contributed by atoms with Gasteiger partial charge in [0.25, 0.3) is 0 Å². The zero-order valence-corrected chi connectivity index (χ0v) is 13.3. The van der Waals surface area contributed by atoms with Crippen molar-refractivity contribution in [3.63, 3.8) is 0 Å². The quantitative estimate of drug-likeness (QED) is 0.850. The van der Waals surface area contributed by atoms with Crippen molar-refractivity contribution in [1.29, 1.82) is 0 Å². The summed E-state index contributed by atoms with van der Waals surface area (Å²) in [6.07, 6.45) is 3.55. The van der Waals surface area contributed by atoms with Crippen LogP contribution in [0.2, 0.25) is 5.02 Å². The van der Waals surface area contributed by atoms with Crippen LogP contribution in [0.5, 0.6) is 0 Å². The average molecular weight is 310 g/mol. The number of hydrogen-bond acceptors (Lipinski definition) is 2. The highest BCUT2D eigenvalue weighted by molar-refractivity contribution is 7.71. The SMILES string of the molecule is CCCN1CCC(n2c(=S)[nH]c3c(Cl)cccc32)CC1. The monoisotopic (exact) mass is 309 g/mol. The number of hydrogen-bond donors (Lipinski definition) is 1. The molecule has 0 unspecified atom stereocenters. The van der Waals surface area contributed by atoms with Gasteiger partial charge in [0.2, 0.25) is 0 Å². The Morgan fingerprint density at radius 1 is 1.35 bits per heavy atom. The number of imidazole rings is 1. The van der Waals surface area contributed by atoms with E-state index in [1.54, 1.807) is 0 Å². The van der Waals surface area contributed by atoms with E-state index in [1.807, 2.05) is 12.1 Å².